The first kappa shape index (κ1) is 18.4. The Morgan fingerprint density at radius 1 is 1.42 bits per heavy atom. The molecule has 0 aliphatic carbocycles. The predicted molar refractivity (Wildman–Crippen MR) is 82.7 cm³/mol. The topological polar surface area (TPSA) is 130 Å². The van der Waals surface area contributed by atoms with Crippen LogP contribution in [0, 0.1) is 13.8 Å². The lowest BCUT2D eigenvalue weighted by atomic mass is 9.99. The van der Waals surface area contributed by atoms with E-state index < -0.39 is 33.5 Å². The molecule has 1 aliphatic heterocycles. The van der Waals surface area contributed by atoms with Gasteiger partial charge in [0.05, 0.1) is 6.04 Å². The molecule has 0 bridgehead atoms. The molecule has 9 nitrogen and oxygen atoms in total. The van der Waals surface area contributed by atoms with Crippen LogP contribution < -0.4 is 4.72 Å². The smallest absolute Gasteiger partial charge is 0.329 e. The molecule has 0 saturated carbocycles. The Labute approximate surface area is 140 Å². The normalized spacial score (nSPS) is 22.6. The summed E-state index contributed by atoms with van der Waals surface area (Å²) >= 11 is 0. The number of aromatic nitrogens is 1. The summed E-state index contributed by atoms with van der Waals surface area (Å²) in [5.74, 6) is -1.56. The Kier molecular flexibility index (Phi) is 4.73. The Bertz CT molecular complexity index is 752. The van der Waals surface area contributed by atoms with Gasteiger partial charge in [-0.1, -0.05) is 5.16 Å². The van der Waals surface area contributed by atoms with E-state index in [1.54, 1.807) is 0 Å². The Morgan fingerprint density at radius 3 is 2.54 bits per heavy atom. The molecule has 0 spiro atoms. The van der Waals surface area contributed by atoms with Gasteiger partial charge < -0.3 is 14.5 Å². The van der Waals surface area contributed by atoms with Gasteiger partial charge in [0.15, 0.2) is 5.76 Å². The third-order valence-corrected chi connectivity index (χ3v) is 6.09. The lowest BCUT2D eigenvalue weighted by molar-refractivity contribution is -0.155. The lowest BCUT2D eigenvalue weighted by Gasteiger charge is -2.33. The molecular weight excluding hydrogens is 338 g/mol. The third kappa shape index (κ3) is 3.03. The number of carboxylic acids is 1. The third-order valence-electron chi connectivity index (χ3n) is 4.31. The van der Waals surface area contributed by atoms with E-state index in [-0.39, 0.29) is 22.9 Å². The zero-order valence-electron chi connectivity index (χ0n) is 14.0. The number of amides is 1. The number of carbonyl (C=O) groups is 2. The predicted octanol–water partition coefficient (Wildman–Crippen LogP) is 0.424. The van der Waals surface area contributed by atoms with E-state index in [9.17, 15) is 23.1 Å². The molecule has 2 rings (SSSR count). The summed E-state index contributed by atoms with van der Waals surface area (Å²) in [4.78, 5) is 25.2. The molecule has 10 heteroatoms. The van der Waals surface area contributed by atoms with Gasteiger partial charge in [-0.05, 0) is 40.5 Å². The van der Waals surface area contributed by atoms with Crippen molar-refractivity contribution in [2.45, 2.75) is 57.0 Å². The molecule has 2 heterocycles. The highest BCUT2D eigenvalue weighted by atomic mass is 32.2. The van der Waals surface area contributed by atoms with Crippen LogP contribution in [-0.2, 0) is 19.6 Å². The summed E-state index contributed by atoms with van der Waals surface area (Å²) in [6.07, 6.45) is 0.884. The quantitative estimate of drug-likeness (QED) is 0.779. The molecule has 1 aromatic heterocycles. The summed E-state index contributed by atoms with van der Waals surface area (Å²) in [7, 11) is -4.01. The minimum absolute atomic E-state index is 0.107. The van der Waals surface area contributed by atoms with Gasteiger partial charge in [0.25, 0.3) is 0 Å². The van der Waals surface area contributed by atoms with Crippen LogP contribution in [0.3, 0.4) is 0 Å². The van der Waals surface area contributed by atoms with Crippen molar-refractivity contribution >= 4 is 21.9 Å². The maximum atomic E-state index is 12.6. The molecule has 0 radical (unpaired) electrons. The minimum atomic E-state index is -4.01. The van der Waals surface area contributed by atoms with E-state index in [1.165, 1.54) is 32.6 Å². The number of nitrogens with zero attached hydrogens (tertiary/aromatic N) is 2. The van der Waals surface area contributed by atoms with Crippen molar-refractivity contribution in [1.82, 2.24) is 14.8 Å². The summed E-state index contributed by atoms with van der Waals surface area (Å²) < 4.78 is 32.1. The highest BCUT2D eigenvalue weighted by Crippen LogP contribution is 2.30. The van der Waals surface area contributed by atoms with E-state index in [0.29, 0.717) is 12.8 Å². The van der Waals surface area contributed by atoms with Gasteiger partial charge in [0.2, 0.25) is 15.9 Å². The monoisotopic (exact) mass is 359 g/mol. The van der Waals surface area contributed by atoms with E-state index in [1.807, 2.05) is 0 Å². The molecule has 0 aromatic carbocycles. The number of hydrogen-bond acceptors (Lipinski definition) is 6. The van der Waals surface area contributed by atoms with Crippen LogP contribution >= 0.6 is 0 Å². The lowest BCUT2D eigenvalue weighted by Crippen LogP contribution is -2.56. The second kappa shape index (κ2) is 6.17. The van der Waals surface area contributed by atoms with E-state index in [2.05, 4.69) is 9.88 Å². The van der Waals surface area contributed by atoms with Gasteiger partial charge in [-0.2, -0.15) is 4.72 Å². The fourth-order valence-electron chi connectivity index (χ4n) is 2.97. The average molecular weight is 359 g/mol. The van der Waals surface area contributed by atoms with Gasteiger partial charge >= 0.3 is 5.97 Å². The van der Waals surface area contributed by atoms with Crippen LogP contribution in [0.4, 0.5) is 0 Å². The van der Waals surface area contributed by atoms with E-state index >= 15 is 0 Å². The van der Waals surface area contributed by atoms with Gasteiger partial charge in [-0.15, -0.1) is 0 Å². The van der Waals surface area contributed by atoms with Gasteiger partial charge in [-0.25, -0.2) is 13.2 Å². The highest BCUT2D eigenvalue weighted by Gasteiger charge is 2.47. The van der Waals surface area contributed by atoms with Crippen molar-refractivity contribution in [1.29, 1.82) is 0 Å². The van der Waals surface area contributed by atoms with Gasteiger partial charge in [0, 0.05) is 6.54 Å². The standard InChI is InChI=1S/C14H21N3O6S/c1-8-11(10(3)23-15-8)24(21,22)16-9(2)12(18)17-7-5-6-14(17,4)13(19)20/h9,16H,5-7H2,1-4H3,(H,19,20). The summed E-state index contributed by atoms with van der Waals surface area (Å²) in [5.41, 5.74) is -1.13. The van der Waals surface area contributed by atoms with Crippen LogP contribution in [0.5, 0.6) is 0 Å². The van der Waals surface area contributed by atoms with Gasteiger partial charge in [-0.3, -0.25) is 4.79 Å². The average Bonchev–Trinajstić information content (AvgIpc) is 3.01. The molecule has 1 aromatic rings. The Morgan fingerprint density at radius 2 is 2.04 bits per heavy atom. The highest BCUT2D eigenvalue weighted by molar-refractivity contribution is 7.89. The Hall–Kier alpha value is -1.94. The number of likely N-dealkylation sites (tertiary alicyclic amines) is 1. The number of rotatable bonds is 5. The number of carboxylic acid groups (broad SMARTS) is 1. The van der Waals surface area contributed by atoms with Crippen LogP contribution in [-0.4, -0.2) is 53.6 Å². The molecule has 2 unspecified atom stereocenters. The number of carbonyl (C=O) groups excluding carboxylic acids is 1. The van der Waals surface area contributed by atoms with Crippen LogP contribution in [0.2, 0.25) is 0 Å². The van der Waals surface area contributed by atoms with Crippen molar-refractivity contribution in [2.24, 2.45) is 0 Å². The number of sulfonamides is 1. The first-order valence-corrected chi connectivity index (χ1v) is 8.99. The molecular formula is C14H21N3O6S. The number of nitrogens with one attached hydrogen (secondary N) is 1. The Balaban J connectivity index is 2.22. The molecule has 24 heavy (non-hydrogen) atoms. The van der Waals surface area contributed by atoms with Crippen LogP contribution in [0.25, 0.3) is 0 Å². The van der Waals surface area contributed by atoms with Crippen molar-refractivity contribution in [3.63, 3.8) is 0 Å². The maximum absolute atomic E-state index is 12.6. The molecule has 2 N–H and O–H groups in total. The van der Waals surface area contributed by atoms with Crippen molar-refractivity contribution in [2.75, 3.05) is 6.54 Å². The van der Waals surface area contributed by atoms with Crippen molar-refractivity contribution in [3.8, 4) is 0 Å². The zero-order valence-corrected chi connectivity index (χ0v) is 14.8. The van der Waals surface area contributed by atoms with Gasteiger partial charge in [0.1, 0.15) is 16.1 Å². The number of aliphatic carboxylic acids is 1. The molecule has 2 atom stereocenters. The molecule has 1 saturated heterocycles. The first-order chi connectivity index (χ1) is 11.0. The summed E-state index contributed by atoms with van der Waals surface area (Å²) in [6, 6.07) is -1.11. The van der Waals surface area contributed by atoms with Crippen LogP contribution in [0.15, 0.2) is 9.42 Å². The van der Waals surface area contributed by atoms with E-state index in [4.69, 9.17) is 4.52 Å². The second-order valence-corrected chi connectivity index (χ2v) is 7.82. The van der Waals surface area contributed by atoms with Crippen LogP contribution in [0.1, 0.15) is 38.1 Å². The fourth-order valence-corrected chi connectivity index (χ4v) is 4.50. The first-order valence-electron chi connectivity index (χ1n) is 7.51. The zero-order chi connectivity index (χ0) is 18.3. The van der Waals surface area contributed by atoms with Crippen molar-refractivity contribution < 1.29 is 27.6 Å². The second-order valence-electron chi connectivity index (χ2n) is 6.17. The molecule has 134 valence electrons. The number of aryl methyl sites for hydroxylation is 2. The minimum Gasteiger partial charge on any atom is -0.480 e. The summed E-state index contributed by atoms with van der Waals surface area (Å²) in [5, 5.41) is 13.0. The van der Waals surface area contributed by atoms with Crippen molar-refractivity contribution in [3.05, 3.63) is 11.5 Å². The largest absolute Gasteiger partial charge is 0.480 e. The summed E-state index contributed by atoms with van der Waals surface area (Å²) in [6.45, 7) is 6.08. The maximum Gasteiger partial charge on any atom is 0.329 e. The molecule has 1 aliphatic rings. The van der Waals surface area contributed by atoms with E-state index in [0.717, 1.165) is 0 Å². The SMILES string of the molecule is Cc1noc(C)c1S(=O)(=O)NC(C)C(=O)N1CCCC1(C)C(=O)O. The number of hydrogen-bond donors (Lipinski definition) is 2. The fraction of sp³-hybridized carbons (Fsp3) is 0.643. The molecule has 1 amide bonds. The molecule has 1 fully saturated rings.